The van der Waals surface area contributed by atoms with Gasteiger partial charge < -0.3 is 25.4 Å². The third kappa shape index (κ3) is 7.06. The second-order valence-electron chi connectivity index (χ2n) is 13.3. The Morgan fingerprint density at radius 3 is 2.51 bits per heavy atom. The monoisotopic (exact) mass is 587 g/mol. The van der Waals surface area contributed by atoms with E-state index in [-0.39, 0.29) is 36.3 Å². The smallest absolute Gasteiger partial charge is 0.251 e. The van der Waals surface area contributed by atoms with Crippen LogP contribution in [-0.4, -0.2) is 53.7 Å². The molecule has 2 aromatic rings. The topological polar surface area (TPSA) is 108 Å². The zero-order chi connectivity index (χ0) is 29.9. The molecule has 3 saturated carbocycles. The zero-order valence-electron chi connectivity index (χ0n) is 25.2. The molecule has 1 aliphatic heterocycles. The summed E-state index contributed by atoms with van der Waals surface area (Å²) >= 11 is 0. The molecule has 8 heteroatoms. The van der Waals surface area contributed by atoms with Crippen LogP contribution < -0.4 is 20.3 Å². The molecule has 43 heavy (non-hydrogen) atoms. The number of nitrogens with zero attached hydrogens (tertiary/aromatic N) is 1. The molecule has 8 nitrogen and oxygen atoms in total. The molecular formula is C35H45N3O5. The van der Waals surface area contributed by atoms with E-state index in [9.17, 15) is 19.5 Å². The number of benzene rings is 2. The van der Waals surface area contributed by atoms with Gasteiger partial charge in [0.1, 0.15) is 5.75 Å². The van der Waals surface area contributed by atoms with Crippen LogP contribution in [0.15, 0.2) is 48.5 Å². The van der Waals surface area contributed by atoms with Gasteiger partial charge in [-0.25, -0.2) is 0 Å². The Kier molecular flexibility index (Phi) is 9.03. The molecule has 3 aliphatic carbocycles. The van der Waals surface area contributed by atoms with Crippen molar-refractivity contribution in [3.63, 3.8) is 0 Å². The minimum atomic E-state index is -0.932. The van der Waals surface area contributed by atoms with Crippen molar-refractivity contribution in [2.75, 3.05) is 11.4 Å². The highest BCUT2D eigenvalue weighted by Crippen LogP contribution is 2.44. The molecule has 2 aromatic carbocycles. The molecule has 4 aliphatic rings. The lowest BCUT2D eigenvalue weighted by atomic mass is 9.91. The van der Waals surface area contributed by atoms with Crippen molar-refractivity contribution in [2.45, 2.75) is 102 Å². The number of carbonyl (C=O) groups excluding carboxylic acids is 3. The van der Waals surface area contributed by atoms with E-state index in [0.29, 0.717) is 42.3 Å². The molecule has 0 spiro atoms. The van der Waals surface area contributed by atoms with Crippen molar-refractivity contribution in [3.05, 3.63) is 59.7 Å². The van der Waals surface area contributed by atoms with E-state index in [4.69, 9.17) is 4.74 Å². The van der Waals surface area contributed by atoms with Crippen molar-refractivity contribution in [1.29, 1.82) is 0 Å². The Balaban J connectivity index is 1.17. The molecule has 1 heterocycles. The van der Waals surface area contributed by atoms with E-state index in [1.165, 1.54) is 19.3 Å². The molecule has 3 amide bonds. The number of aliphatic hydroxyl groups is 1. The van der Waals surface area contributed by atoms with Crippen LogP contribution in [0.4, 0.5) is 5.69 Å². The Bertz CT molecular complexity index is 1310. The first-order valence-corrected chi connectivity index (χ1v) is 16.3. The molecule has 0 radical (unpaired) electrons. The summed E-state index contributed by atoms with van der Waals surface area (Å²) in [5.41, 5.74) is 2.03. The minimum Gasteiger partial charge on any atom is -0.490 e. The van der Waals surface area contributed by atoms with E-state index in [1.54, 1.807) is 17.0 Å². The normalized spacial score (nSPS) is 25.2. The summed E-state index contributed by atoms with van der Waals surface area (Å²) in [6.45, 7) is 2.47. The highest BCUT2D eigenvalue weighted by Gasteiger charge is 2.40. The van der Waals surface area contributed by atoms with E-state index >= 15 is 0 Å². The fourth-order valence-corrected chi connectivity index (χ4v) is 7.32. The van der Waals surface area contributed by atoms with Crippen LogP contribution in [0.3, 0.4) is 0 Å². The van der Waals surface area contributed by atoms with Gasteiger partial charge in [-0.3, -0.25) is 14.4 Å². The Labute approximate surface area is 254 Å². The van der Waals surface area contributed by atoms with Crippen molar-refractivity contribution in [1.82, 2.24) is 10.6 Å². The van der Waals surface area contributed by atoms with Gasteiger partial charge in [0.2, 0.25) is 11.8 Å². The lowest BCUT2D eigenvalue weighted by molar-refractivity contribution is -0.126. The summed E-state index contributed by atoms with van der Waals surface area (Å²) in [6.07, 6.45) is 8.96. The molecule has 0 aromatic heterocycles. The van der Waals surface area contributed by atoms with Crippen LogP contribution in [0.2, 0.25) is 0 Å². The zero-order valence-corrected chi connectivity index (χ0v) is 25.2. The van der Waals surface area contributed by atoms with Gasteiger partial charge in [0, 0.05) is 42.2 Å². The number of ether oxygens (including phenoxy) is 1. The average Bonchev–Trinajstić information content (AvgIpc) is 3.72. The molecule has 230 valence electrons. The summed E-state index contributed by atoms with van der Waals surface area (Å²) in [5, 5.41) is 17.8. The predicted molar refractivity (Wildman–Crippen MR) is 165 cm³/mol. The number of carbonyl (C=O) groups is 3. The van der Waals surface area contributed by atoms with E-state index in [0.717, 1.165) is 43.6 Å². The molecule has 3 N–H and O–H groups in total. The summed E-state index contributed by atoms with van der Waals surface area (Å²) in [7, 11) is 0. The van der Waals surface area contributed by atoms with Gasteiger partial charge in [-0.2, -0.15) is 0 Å². The minimum absolute atomic E-state index is 0.0258. The Morgan fingerprint density at radius 1 is 1.05 bits per heavy atom. The second kappa shape index (κ2) is 13.1. The van der Waals surface area contributed by atoms with Crippen LogP contribution in [0.25, 0.3) is 0 Å². The molecular weight excluding hydrogens is 542 g/mol. The molecule has 4 fully saturated rings. The summed E-state index contributed by atoms with van der Waals surface area (Å²) < 4.78 is 6.16. The van der Waals surface area contributed by atoms with E-state index in [1.807, 2.05) is 43.3 Å². The van der Waals surface area contributed by atoms with Crippen molar-refractivity contribution < 1.29 is 24.2 Å². The maximum atomic E-state index is 13.8. The SMILES string of the molecule is C[C@H](C[C@H](O)C(Cc1ccccc1)NC(=O)c1cc(OC2CCC2)cc(N2CCCC2=O)c1)C(=O)NC1CC2CCC1C2. The summed E-state index contributed by atoms with van der Waals surface area (Å²) in [5.74, 6) is 1.19. The largest absolute Gasteiger partial charge is 0.490 e. The standard InChI is InChI=1S/C35H45N3O5/c1-22(34(41)36-30-18-24-12-13-25(30)16-24)15-32(39)31(17-23-7-3-2-4-8-23)37-35(42)26-19-27(38-14-6-11-33(38)40)21-29(20-26)43-28-9-5-10-28/h2-4,7-8,19-22,24-25,28,30-32,39H,5-6,9-18H2,1H3,(H,36,41)(H,37,42)/t22-,24?,25?,30?,31?,32+/m1/s1. The van der Waals surface area contributed by atoms with Gasteiger partial charge in [0.05, 0.1) is 18.2 Å². The van der Waals surface area contributed by atoms with Gasteiger partial charge in [-0.1, -0.05) is 43.7 Å². The maximum absolute atomic E-state index is 13.8. The quantitative estimate of drug-likeness (QED) is 0.331. The average molecular weight is 588 g/mol. The van der Waals surface area contributed by atoms with Gasteiger partial charge in [-0.05, 0) is 87.3 Å². The van der Waals surface area contributed by atoms with Crippen molar-refractivity contribution >= 4 is 23.4 Å². The fraction of sp³-hybridized carbons (Fsp3) is 0.571. The molecule has 6 atom stereocenters. The van der Waals surface area contributed by atoms with Crippen molar-refractivity contribution in [3.8, 4) is 5.75 Å². The summed E-state index contributed by atoms with van der Waals surface area (Å²) in [4.78, 5) is 41.2. The lowest BCUT2D eigenvalue weighted by Crippen LogP contribution is -2.47. The first kappa shape index (κ1) is 29.7. The number of aliphatic hydroxyl groups excluding tert-OH is 1. The number of nitrogens with one attached hydrogen (secondary N) is 2. The Morgan fingerprint density at radius 2 is 1.86 bits per heavy atom. The first-order chi connectivity index (χ1) is 20.8. The van der Waals surface area contributed by atoms with E-state index < -0.39 is 18.1 Å². The van der Waals surface area contributed by atoms with Crippen LogP contribution in [0, 0.1) is 17.8 Å². The van der Waals surface area contributed by atoms with Gasteiger partial charge in [0.25, 0.3) is 5.91 Å². The first-order valence-electron chi connectivity index (χ1n) is 16.3. The Hall–Kier alpha value is -3.39. The number of hydrogen-bond acceptors (Lipinski definition) is 5. The highest BCUT2D eigenvalue weighted by molar-refractivity contribution is 5.99. The summed E-state index contributed by atoms with van der Waals surface area (Å²) in [6, 6.07) is 14.7. The number of amides is 3. The molecule has 2 bridgehead atoms. The maximum Gasteiger partial charge on any atom is 0.251 e. The van der Waals surface area contributed by atoms with E-state index in [2.05, 4.69) is 10.6 Å². The third-order valence-corrected chi connectivity index (χ3v) is 10.1. The van der Waals surface area contributed by atoms with Gasteiger partial charge >= 0.3 is 0 Å². The number of rotatable bonds is 12. The highest BCUT2D eigenvalue weighted by atomic mass is 16.5. The number of fused-ring (bicyclic) bond motifs is 2. The molecule has 4 unspecified atom stereocenters. The predicted octanol–water partition coefficient (Wildman–Crippen LogP) is 4.78. The van der Waals surface area contributed by atoms with Crippen LogP contribution in [-0.2, 0) is 16.0 Å². The fourth-order valence-electron chi connectivity index (χ4n) is 7.32. The number of hydrogen-bond donors (Lipinski definition) is 3. The van der Waals surface area contributed by atoms with Gasteiger partial charge in [-0.15, -0.1) is 0 Å². The molecule has 6 rings (SSSR count). The van der Waals surface area contributed by atoms with Gasteiger partial charge in [0.15, 0.2) is 0 Å². The van der Waals surface area contributed by atoms with Crippen LogP contribution in [0.1, 0.15) is 87.1 Å². The molecule has 1 saturated heterocycles. The van der Waals surface area contributed by atoms with Crippen molar-refractivity contribution in [2.24, 2.45) is 17.8 Å². The number of anilines is 1. The second-order valence-corrected chi connectivity index (χ2v) is 13.3. The lowest BCUT2D eigenvalue weighted by Gasteiger charge is -2.29. The van der Waals surface area contributed by atoms with Crippen LogP contribution in [0.5, 0.6) is 5.75 Å². The third-order valence-electron chi connectivity index (χ3n) is 10.1. The van der Waals surface area contributed by atoms with Crippen LogP contribution >= 0.6 is 0 Å².